The van der Waals surface area contributed by atoms with Gasteiger partial charge in [0.05, 0.1) is 6.20 Å². The molecule has 16 heavy (non-hydrogen) atoms. The maximum Gasteiger partial charge on any atom is 0.0566 e. The van der Waals surface area contributed by atoms with E-state index in [2.05, 4.69) is 43.1 Å². The smallest absolute Gasteiger partial charge is 0.0566 e. The van der Waals surface area contributed by atoms with Crippen LogP contribution in [-0.4, -0.2) is 10.2 Å². The predicted octanol–water partition coefficient (Wildman–Crippen LogP) is 2.96. The van der Waals surface area contributed by atoms with Crippen LogP contribution in [0.4, 0.5) is 5.69 Å². The normalized spacial score (nSPS) is 11.7. The molecular weight excluding hydrogens is 198 g/mol. The summed E-state index contributed by atoms with van der Waals surface area (Å²) in [6.07, 6.45) is 3.63. The number of nitrogens with two attached hydrogens (primary N) is 1. The quantitative estimate of drug-likeness (QED) is 0.718. The van der Waals surface area contributed by atoms with Crippen LogP contribution >= 0.6 is 0 Å². The van der Waals surface area contributed by atoms with Crippen LogP contribution < -0.4 is 5.73 Å². The number of nitrogen functional groups attached to an aromatic ring is 1. The number of aromatic amines is 1. The Kier molecular flexibility index (Phi) is 2.46. The number of benzene rings is 1. The lowest BCUT2D eigenvalue weighted by Gasteiger charge is -2.20. The first-order chi connectivity index (χ1) is 7.48. The van der Waals surface area contributed by atoms with Gasteiger partial charge in [0, 0.05) is 23.0 Å². The molecule has 0 amide bonds. The van der Waals surface area contributed by atoms with Gasteiger partial charge in [0.2, 0.25) is 0 Å². The van der Waals surface area contributed by atoms with E-state index in [1.54, 1.807) is 6.20 Å². The molecular formula is C13H17N3. The molecule has 3 nitrogen and oxygen atoms in total. The molecule has 2 aromatic rings. The molecule has 3 N–H and O–H groups in total. The number of H-pyrrole nitrogens is 1. The van der Waals surface area contributed by atoms with Crippen molar-refractivity contribution in [3.8, 4) is 11.1 Å². The van der Waals surface area contributed by atoms with Gasteiger partial charge in [0.25, 0.3) is 0 Å². The minimum Gasteiger partial charge on any atom is -0.398 e. The minimum absolute atomic E-state index is 0.128. The number of anilines is 1. The van der Waals surface area contributed by atoms with E-state index in [9.17, 15) is 0 Å². The van der Waals surface area contributed by atoms with Crippen LogP contribution in [0.1, 0.15) is 26.3 Å². The van der Waals surface area contributed by atoms with Gasteiger partial charge in [0.1, 0.15) is 0 Å². The molecule has 0 fully saturated rings. The van der Waals surface area contributed by atoms with E-state index in [1.807, 2.05) is 12.3 Å². The molecule has 84 valence electrons. The number of rotatable bonds is 1. The first kappa shape index (κ1) is 10.7. The molecule has 1 heterocycles. The summed E-state index contributed by atoms with van der Waals surface area (Å²) in [4.78, 5) is 0. The fourth-order valence-corrected chi connectivity index (χ4v) is 1.69. The highest BCUT2D eigenvalue weighted by Crippen LogP contribution is 2.30. The molecule has 0 saturated heterocycles. The maximum absolute atomic E-state index is 6.07. The van der Waals surface area contributed by atoms with Gasteiger partial charge in [0.15, 0.2) is 0 Å². The van der Waals surface area contributed by atoms with Crippen molar-refractivity contribution in [1.82, 2.24) is 10.2 Å². The predicted molar refractivity (Wildman–Crippen MR) is 67.1 cm³/mol. The van der Waals surface area contributed by atoms with E-state index < -0.39 is 0 Å². The number of aromatic nitrogens is 2. The van der Waals surface area contributed by atoms with E-state index >= 15 is 0 Å². The summed E-state index contributed by atoms with van der Waals surface area (Å²) >= 11 is 0. The van der Waals surface area contributed by atoms with Crippen molar-refractivity contribution >= 4 is 5.69 Å². The lowest BCUT2D eigenvalue weighted by molar-refractivity contribution is 0.590. The lowest BCUT2D eigenvalue weighted by Crippen LogP contribution is -2.11. The Hall–Kier alpha value is -1.77. The van der Waals surface area contributed by atoms with Crippen molar-refractivity contribution in [2.45, 2.75) is 26.2 Å². The van der Waals surface area contributed by atoms with Crippen LogP contribution in [0, 0.1) is 0 Å². The second-order valence-corrected chi connectivity index (χ2v) is 5.04. The molecule has 0 aliphatic heterocycles. The molecule has 0 aliphatic rings. The standard InChI is InChI=1S/C13H17N3/c1-13(2,3)10-4-5-11(12(14)6-10)9-7-15-16-8-9/h4-8H,14H2,1-3H3,(H,15,16). The summed E-state index contributed by atoms with van der Waals surface area (Å²) in [6.45, 7) is 6.54. The molecule has 2 rings (SSSR count). The SMILES string of the molecule is CC(C)(C)c1ccc(-c2cn[nH]c2)c(N)c1. The molecule has 0 spiro atoms. The van der Waals surface area contributed by atoms with Gasteiger partial charge < -0.3 is 5.73 Å². The third kappa shape index (κ3) is 1.94. The van der Waals surface area contributed by atoms with Crippen LogP contribution in [0.5, 0.6) is 0 Å². The monoisotopic (exact) mass is 215 g/mol. The summed E-state index contributed by atoms with van der Waals surface area (Å²) in [7, 11) is 0. The largest absolute Gasteiger partial charge is 0.398 e. The van der Waals surface area contributed by atoms with Crippen LogP contribution in [0.3, 0.4) is 0 Å². The van der Waals surface area contributed by atoms with Crippen molar-refractivity contribution in [2.24, 2.45) is 0 Å². The molecule has 0 saturated carbocycles. The number of hydrogen-bond acceptors (Lipinski definition) is 2. The van der Waals surface area contributed by atoms with Gasteiger partial charge in [-0.25, -0.2) is 0 Å². The zero-order chi connectivity index (χ0) is 11.8. The highest BCUT2D eigenvalue weighted by atomic mass is 15.1. The van der Waals surface area contributed by atoms with Gasteiger partial charge in [-0.15, -0.1) is 0 Å². The van der Waals surface area contributed by atoms with Gasteiger partial charge in [-0.3, -0.25) is 5.10 Å². The molecule has 1 aromatic heterocycles. The first-order valence-corrected chi connectivity index (χ1v) is 5.37. The third-order valence-corrected chi connectivity index (χ3v) is 2.73. The summed E-state index contributed by atoms with van der Waals surface area (Å²) in [5.41, 5.74) is 10.3. The topological polar surface area (TPSA) is 54.7 Å². The average molecular weight is 215 g/mol. The Bertz CT molecular complexity index is 478. The molecule has 0 radical (unpaired) electrons. The molecule has 0 atom stereocenters. The summed E-state index contributed by atoms with van der Waals surface area (Å²) < 4.78 is 0. The average Bonchev–Trinajstić information content (AvgIpc) is 2.69. The lowest BCUT2D eigenvalue weighted by atomic mass is 9.86. The Morgan fingerprint density at radius 2 is 2.00 bits per heavy atom. The number of nitrogens with zero attached hydrogens (tertiary/aromatic N) is 1. The van der Waals surface area contributed by atoms with Crippen molar-refractivity contribution in [1.29, 1.82) is 0 Å². The van der Waals surface area contributed by atoms with Crippen LogP contribution in [0.2, 0.25) is 0 Å². The second kappa shape index (κ2) is 3.67. The van der Waals surface area contributed by atoms with Crippen molar-refractivity contribution in [2.75, 3.05) is 5.73 Å². The first-order valence-electron chi connectivity index (χ1n) is 5.37. The van der Waals surface area contributed by atoms with Gasteiger partial charge >= 0.3 is 0 Å². The van der Waals surface area contributed by atoms with E-state index in [0.717, 1.165) is 16.8 Å². The zero-order valence-electron chi connectivity index (χ0n) is 9.91. The third-order valence-electron chi connectivity index (χ3n) is 2.73. The van der Waals surface area contributed by atoms with Gasteiger partial charge in [-0.1, -0.05) is 32.9 Å². The molecule has 1 aromatic carbocycles. The Labute approximate surface area is 95.7 Å². The van der Waals surface area contributed by atoms with Crippen LogP contribution in [-0.2, 0) is 5.41 Å². The molecule has 3 heteroatoms. The van der Waals surface area contributed by atoms with Crippen LogP contribution in [0.15, 0.2) is 30.6 Å². The summed E-state index contributed by atoms with van der Waals surface area (Å²) in [6, 6.07) is 6.22. The maximum atomic E-state index is 6.07. The summed E-state index contributed by atoms with van der Waals surface area (Å²) in [5, 5.41) is 6.73. The Morgan fingerprint density at radius 1 is 1.25 bits per heavy atom. The second-order valence-electron chi connectivity index (χ2n) is 5.04. The van der Waals surface area contributed by atoms with Crippen molar-refractivity contribution in [3.63, 3.8) is 0 Å². The number of hydrogen-bond donors (Lipinski definition) is 2. The van der Waals surface area contributed by atoms with E-state index in [1.165, 1.54) is 5.56 Å². The molecule has 0 unspecified atom stereocenters. The highest BCUT2D eigenvalue weighted by molar-refractivity contribution is 5.76. The van der Waals surface area contributed by atoms with Crippen molar-refractivity contribution in [3.05, 3.63) is 36.2 Å². The molecule has 0 bridgehead atoms. The fraction of sp³-hybridized carbons (Fsp3) is 0.308. The van der Waals surface area contributed by atoms with E-state index in [4.69, 9.17) is 5.73 Å². The fourth-order valence-electron chi connectivity index (χ4n) is 1.69. The van der Waals surface area contributed by atoms with E-state index in [-0.39, 0.29) is 5.41 Å². The zero-order valence-corrected chi connectivity index (χ0v) is 9.91. The minimum atomic E-state index is 0.128. The Balaban J connectivity index is 2.46. The molecule has 0 aliphatic carbocycles. The van der Waals surface area contributed by atoms with Gasteiger partial charge in [-0.05, 0) is 17.0 Å². The van der Waals surface area contributed by atoms with Crippen molar-refractivity contribution < 1.29 is 0 Å². The van der Waals surface area contributed by atoms with E-state index in [0.29, 0.717) is 0 Å². The summed E-state index contributed by atoms with van der Waals surface area (Å²) in [5.74, 6) is 0. The van der Waals surface area contributed by atoms with Crippen LogP contribution in [0.25, 0.3) is 11.1 Å². The number of nitrogens with one attached hydrogen (secondary N) is 1. The Morgan fingerprint density at radius 3 is 2.50 bits per heavy atom. The van der Waals surface area contributed by atoms with Gasteiger partial charge in [-0.2, -0.15) is 5.10 Å². The highest BCUT2D eigenvalue weighted by Gasteiger charge is 2.15.